The van der Waals surface area contributed by atoms with Crippen molar-refractivity contribution in [3.8, 4) is 5.75 Å². The number of rotatable bonds is 9. The lowest BCUT2D eigenvalue weighted by Crippen LogP contribution is -2.55. The molecule has 2 N–H and O–H groups in total. The Balaban J connectivity index is 1.37. The third-order valence-corrected chi connectivity index (χ3v) is 6.18. The molecular weight excluding hydrogens is 444 g/mol. The van der Waals surface area contributed by atoms with Gasteiger partial charge in [-0.1, -0.05) is 36.8 Å². The Labute approximate surface area is 205 Å². The Morgan fingerprint density at radius 1 is 1.11 bits per heavy atom. The molecule has 0 saturated carbocycles. The summed E-state index contributed by atoms with van der Waals surface area (Å²) in [7, 11) is 1.82. The lowest BCUT2D eigenvalue weighted by Gasteiger charge is -2.38. The predicted molar refractivity (Wildman–Crippen MR) is 133 cm³/mol. The smallest absolute Gasteiger partial charge is 0.247 e. The van der Waals surface area contributed by atoms with Gasteiger partial charge in [0.25, 0.3) is 0 Å². The summed E-state index contributed by atoms with van der Waals surface area (Å²) in [4.78, 5) is 30.6. The average Bonchev–Trinajstić information content (AvgIpc) is 3.23. The van der Waals surface area contributed by atoms with Crippen molar-refractivity contribution in [2.45, 2.75) is 38.8 Å². The van der Waals surface area contributed by atoms with Crippen molar-refractivity contribution in [1.82, 2.24) is 25.0 Å². The van der Waals surface area contributed by atoms with Crippen molar-refractivity contribution in [1.29, 1.82) is 0 Å². The molecule has 0 bridgehead atoms. The van der Waals surface area contributed by atoms with Gasteiger partial charge in [0, 0.05) is 32.3 Å². The van der Waals surface area contributed by atoms with Crippen molar-refractivity contribution < 1.29 is 14.3 Å². The van der Waals surface area contributed by atoms with Gasteiger partial charge in [-0.3, -0.25) is 14.3 Å². The maximum Gasteiger partial charge on any atom is 0.247 e. The highest BCUT2D eigenvalue weighted by molar-refractivity contribution is 5.94. The zero-order chi connectivity index (χ0) is 24.9. The van der Waals surface area contributed by atoms with Crippen LogP contribution in [0.15, 0.2) is 55.0 Å². The average molecular weight is 477 g/mol. The molecule has 0 spiro atoms. The number of anilines is 1. The molecule has 0 aliphatic carbocycles. The van der Waals surface area contributed by atoms with Gasteiger partial charge in [-0.2, -0.15) is 5.10 Å². The molecular formula is C26H32N6O3. The van der Waals surface area contributed by atoms with Crippen molar-refractivity contribution in [3.63, 3.8) is 0 Å². The fourth-order valence-electron chi connectivity index (χ4n) is 3.94. The van der Waals surface area contributed by atoms with Gasteiger partial charge in [0.1, 0.15) is 23.7 Å². The molecule has 3 heterocycles. The third-order valence-electron chi connectivity index (χ3n) is 6.18. The number of carbonyl (C=O) groups excluding carboxylic acids is 2. The standard InChI is InChI=1S/C26H32N6O3/c1-17-5-7-20(8-6-17)18(2)11-28-25(21-12-29-31(4)14-21)26(34)30-24-10-9-22(13-27-24)35-23-15-32(16-23)19(3)33/h5-10,12-14,18,23,25,28H,11,15-16H2,1-4H3,(H,27,30,34)/t18-,25-/m0/s1. The van der Waals surface area contributed by atoms with Crippen molar-refractivity contribution >= 4 is 17.6 Å². The Kier molecular flexibility index (Phi) is 7.45. The van der Waals surface area contributed by atoms with Crippen LogP contribution >= 0.6 is 0 Å². The van der Waals surface area contributed by atoms with Gasteiger partial charge in [0.15, 0.2) is 0 Å². The first-order valence-corrected chi connectivity index (χ1v) is 11.8. The molecule has 1 aromatic carbocycles. The zero-order valence-corrected chi connectivity index (χ0v) is 20.6. The second kappa shape index (κ2) is 10.7. The van der Waals surface area contributed by atoms with Crippen molar-refractivity contribution in [3.05, 3.63) is 71.7 Å². The highest BCUT2D eigenvalue weighted by Crippen LogP contribution is 2.21. The minimum Gasteiger partial charge on any atom is -0.485 e. The van der Waals surface area contributed by atoms with Crippen LogP contribution in [-0.2, 0) is 16.6 Å². The number of amides is 2. The van der Waals surface area contributed by atoms with Crippen LogP contribution in [0.4, 0.5) is 5.82 Å². The Bertz CT molecular complexity index is 1150. The quantitative estimate of drug-likeness (QED) is 0.493. The monoisotopic (exact) mass is 476 g/mol. The molecule has 1 saturated heterocycles. The van der Waals surface area contributed by atoms with Gasteiger partial charge >= 0.3 is 0 Å². The molecule has 1 aliphatic rings. The summed E-state index contributed by atoms with van der Waals surface area (Å²) >= 11 is 0. The minimum atomic E-state index is -0.582. The maximum absolute atomic E-state index is 13.2. The fraction of sp³-hybridized carbons (Fsp3) is 0.385. The number of aromatic nitrogens is 3. The second-order valence-electron chi connectivity index (χ2n) is 9.13. The van der Waals surface area contributed by atoms with Gasteiger partial charge in [0.2, 0.25) is 11.8 Å². The molecule has 1 aliphatic heterocycles. The Morgan fingerprint density at radius 3 is 2.46 bits per heavy atom. The molecule has 2 atom stereocenters. The number of hydrogen-bond donors (Lipinski definition) is 2. The summed E-state index contributed by atoms with van der Waals surface area (Å²) in [6, 6.07) is 11.3. The number of nitrogens with one attached hydrogen (secondary N) is 2. The molecule has 4 rings (SSSR count). The molecule has 2 amide bonds. The van der Waals surface area contributed by atoms with E-state index in [9.17, 15) is 9.59 Å². The number of carbonyl (C=O) groups is 2. The van der Waals surface area contributed by atoms with E-state index in [4.69, 9.17) is 4.74 Å². The highest BCUT2D eigenvalue weighted by atomic mass is 16.5. The summed E-state index contributed by atoms with van der Waals surface area (Å²) in [5.74, 6) is 1.09. The summed E-state index contributed by atoms with van der Waals surface area (Å²) in [5.41, 5.74) is 3.21. The molecule has 9 heteroatoms. The van der Waals surface area contributed by atoms with E-state index in [0.29, 0.717) is 31.2 Å². The SMILES string of the molecule is CC(=O)N1CC(Oc2ccc(NC(=O)[C@@H](NC[C@H](C)c3ccc(C)cc3)c3cnn(C)c3)nc2)C1. The first-order valence-electron chi connectivity index (χ1n) is 11.8. The number of ether oxygens (including phenoxy) is 1. The predicted octanol–water partition coefficient (Wildman–Crippen LogP) is 2.81. The van der Waals surface area contributed by atoms with E-state index in [1.807, 2.05) is 13.2 Å². The molecule has 3 aromatic rings. The van der Waals surface area contributed by atoms with Crippen LogP contribution in [0.25, 0.3) is 0 Å². The van der Waals surface area contributed by atoms with Gasteiger partial charge in [0.05, 0.1) is 25.5 Å². The summed E-state index contributed by atoms with van der Waals surface area (Å²) in [6.07, 6.45) is 5.08. The van der Waals surface area contributed by atoms with E-state index in [1.165, 1.54) is 11.1 Å². The van der Waals surface area contributed by atoms with Crippen LogP contribution in [0, 0.1) is 6.92 Å². The number of hydrogen-bond acceptors (Lipinski definition) is 6. The van der Waals surface area contributed by atoms with Crippen LogP contribution in [-0.4, -0.2) is 57.2 Å². The topological polar surface area (TPSA) is 101 Å². The summed E-state index contributed by atoms with van der Waals surface area (Å²) < 4.78 is 7.51. The van der Waals surface area contributed by atoms with E-state index in [-0.39, 0.29) is 23.8 Å². The summed E-state index contributed by atoms with van der Waals surface area (Å²) in [5, 5.41) is 10.5. The first-order chi connectivity index (χ1) is 16.8. The molecule has 184 valence electrons. The summed E-state index contributed by atoms with van der Waals surface area (Å²) in [6.45, 7) is 7.52. The van der Waals surface area contributed by atoms with Crippen LogP contribution in [0.5, 0.6) is 5.75 Å². The highest BCUT2D eigenvalue weighted by Gasteiger charge is 2.30. The van der Waals surface area contributed by atoms with Crippen molar-refractivity contribution in [2.24, 2.45) is 7.05 Å². The van der Waals surface area contributed by atoms with E-state index in [2.05, 4.69) is 58.8 Å². The normalized spacial score (nSPS) is 15.3. The lowest BCUT2D eigenvalue weighted by molar-refractivity contribution is -0.137. The van der Waals surface area contributed by atoms with Gasteiger partial charge in [-0.25, -0.2) is 4.98 Å². The zero-order valence-electron chi connectivity index (χ0n) is 20.6. The van der Waals surface area contributed by atoms with Crippen molar-refractivity contribution in [2.75, 3.05) is 25.0 Å². The van der Waals surface area contributed by atoms with Gasteiger partial charge < -0.3 is 20.3 Å². The first kappa shape index (κ1) is 24.4. The fourth-order valence-corrected chi connectivity index (χ4v) is 3.94. The molecule has 0 unspecified atom stereocenters. The largest absolute Gasteiger partial charge is 0.485 e. The Morgan fingerprint density at radius 2 is 1.86 bits per heavy atom. The minimum absolute atomic E-state index is 0.0316. The number of benzene rings is 1. The van der Waals surface area contributed by atoms with Crippen LogP contribution in [0.1, 0.15) is 42.5 Å². The van der Waals surface area contributed by atoms with Gasteiger partial charge in [-0.15, -0.1) is 0 Å². The van der Waals surface area contributed by atoms with E-state index in [0.717, 1.165) is 5.56 Å². The number of aryl methyl sites for hydroxylation is 2. The molecule has 2 aromatic heterocycles. The molecule has 0 radical (unpaired) electrons. The molecule has 9 nitrogen and oxygen atoms in total. The second-order valence-corrected chi connectivity index (χ2v) is 9.13. The lowest BCUT2D eigenvalue weighted by atomic mass is 9.99. The van der Waals surface area contributed by atoms with Crippen LogP contribution in [0.2, 0.25) is 0 Å². The van der Waals surface area contributed by atoms with Gasteiger partial charge in [-0.05, 0) is 30.5 Å². The molecule has 35 heavy (non-hydrogen) atoms. The van der Waals surface area contributed by atoms with E-state index < -0.39 is 6.04 Å². The van der Waals surface area contributed by atoms with Crippen LogP contribution < -0.4 is 15.4 Å². The third kappa shape index (κ3) is 6.24. The number of nitrogens with zero attached hydrogens (tertiary/aromatic N) is 4. The number of likely N-dealkylation sites (tertiary alicyclic amines) is 1. The van der Waals surface area contributed by atoms with E-state index in [1.54, 1.807) is 41.0 Å². The maximum atomic E-state index is 13.2. The number of pyridine rings is 1. The Hall–Kier alpha value is -3.72. The van der Waals surface area contributed by atoms with Crippen LogP contribution in [0.3, 0.4) is 0 Å². The van der Waals surface area contributed by atoms with E-state index >= 15 is 0 Å². The molecule has 1 fully saturated rings.